The lowest BCUT2D eigenvalue weighted by atomic mass is 10.0. The lowest BCUT2D eigenvalue weighted by molar-refractivity contribution is 0.155. The van der Waals surface area contributed by atoms with Gasteiger partial charge in [-0.1, -0.05) is 48.5 Å². The summed E-state index contributed by atoms with van der Waals surface area (Å²) < 4.78 is 1.50. The molecule has 1 N–H and O–H groups in total. The minimum atomic E-state index is -0.758. The second-order valence-corrected chi connectivity index (χ2v) is 7.62. The van der Waals surface area contributed by atoms with Gasteiger partial charge in [0.15, 0.2) is 0 Å². The molecule has 0 bridgehead atoms. The van der Waals surface area contributed by atoms with Crippen LogP contribution in [0.2, 0.25) is 0 Å². The van der Waals surface area contributed by atoms with Crippen molar-refractivity contribution in [3.63, 3.8) is 0 Å². The Hall–Kier alpha value is -2.76. The number of benzene rings is 2. The minimum absolute atomic E-state index is 0.121. The van der Waals surface area contributed by atoms with Crippen molar-refractivity contribution >= 4 is 21.6 Å². The lowest BCUT2D eigenvalue weighted by Crippen LogP contribution is -2.23. The van der Waals surface area contributed by atoms with Crippen molar-refractivity contribution in [3.05, 3.63) is 87.3 Å². The zero-order valence-electron chi connectivity index (χ0n) is 15.2. The minimum Gasteiger partial charge on any atom is -0.387 e. The van der Waals surface area contributed by atoms with Crippen LogP contribution in [0, 0.1) is 13.8 Å². The number of hydrogen-bond acceptors (Lipinski definition) is 4. The molecule has 0 radical (unpaired) electrons. The Morgan fingerprint density at radius 1 is 1.11 bits per heavy atom. The summed E-state index contributed by atoms with van der Waals surface area (Å²) in [6.45, 7) is 4.32. The Balaban J connectivity index is 1.77. The van der Waals surface area contributed by atoms with Crippen LogP contribution in [0.4, 0.5) is 0 Å². The second-order valence-electron chi connectivity index (χ2n) is 6.76. The zero-order valence-corrected chi connectivity index (χ0v) is 16.0. The third-order valence-electron chi connectivity index (χ3n) is 4.93. The Morgan fingerprint density at radius 2 is 1.89 bits per heavy atom. The molecule has 0 aliphatic rings. The Bertz CT molecular complexity index is 1160. The van der Waals surface area contributed by atoms with Gasteiger partial charge >= 0.3 is 0 Å². The average Bonchev–Trinajstić information content (AvgIpc) is 3.12. The molecule has 0 fully saturated rings. The van der Waals surface area contributed by atoms with Crippen LogP contribution in [0.5, 0.6) is 0 Å². The van der Waals surface area contributed by atoms with Gasteiger partial charge in [-0.15, -0.1) is 11.3 Å². The van der Waals surface area contributed by atoms with Crippen LogP contribution < -0.4 is 5.56 Å². The molecule has 0 amide bonds. The normalized spacial score (nSPS) is 12.4. The van der Waals surface area contributed by atoms with E-state index in [0.717, 1.165) is 21.5 Å². The van der Waals surface area contributed by atoms with Crippen molar-refractivity contribution in [2.45, 2.75) is 26.5 Å². The average molecular weight is 376 g/mol. The number of aliphatic hydroxyl groups is 1. The monoisotopic (exact) mass is 376 g/mol. The van der Waals surface area contributed by atoms with E-state index in [0.29, 0.717) is 5.39 Å². The lowest BCUT2D eigenvalue weighted by Gasteiger charge is -2.13. The van der Waals surface area contributed by atoms with E-state index in [1.54, 1.807) is 0 Å². The molecule has 2 heterocycles. The number of nitrogens with zero attached hydrogens (tertiary/aromatic N) is 2. The van der Waals surface area contributed by atoms with Crippen LogP contribution in [0.3, 0.4) is 0 Å². The van der Waals surface area contributed by atoms with Crippen molar-refractivity contribution in [1.29, 1.82) is 0 Å². The molecule has 0 aliphatic heterocycles. The van der Waals surface area contributed by atoms with Crippen molar-refractivity contribution in [2.75, 3.05) is 0 Å². The third-order valence-corrected chi connectivity index (χ3v) is 5.82. The summed E-state index contributed by atoms with van der Waals surface area (Å²) in [4.78, 5) is 18.3. The number of aliphatic hydroxyl groups excluding tert-OH is 1. The zero-order chi connectivity index (χ0) is 19.0. The van der Waals surface area contributed by atoms with Crippen molar-refractivity contribution < 1.29 is 5.11 Å². The molecule has 0 saturated carbocycles. The van der Waals surface area contributed by atoms with E-state index < -0.39 is 6.10 Å². The molecule has 27 heavy (non-hydrogen) atoms. The third kappa shape index (κ3) is 3.31. The van der Waals surface area contributed by atoms with E-state index >= 15 is 0 Å². The van der Waals surface area contributed by atoms with Gasteiger partial charge in [-0.05, 0) is 36.1 Å². The van der Waals surface area contributed by atoms with Crippen LogP contribution >= 0.6 is 11.3 Å². The van der Waals surface area contributed by atoms with E-state index in [1.807, 2.05) is 41.8 Å². The molecule has 136 valence electrons. The molecule has 0 spiro atoms. The van der Waals surface area contributed by atoms with Crippen LogP contribution in [0.15, 0.2) is 65.0 Å². The first-order chi connectivity index (χ1) is 13.0. The molecule has 5 heteroatoms. The summed E-state index contributed by atoms with van der Waals surface area (Å²) in [5.41, 5.74) is 4.99. The van der Waals surface area contributed by atoms with Crippen LogP contribution in [0.25, 0.3) is 21.3 Å². The highest BCUT2D eigenvalue weighted by molar-refractivity contribution is 7.17. The number of aryl methyl sites for hydroxylation is 2. The van der Waals surface area contributed by atoms with Gasteiger partial charge in [-0.2, -0.15) is 0 Å². The molecule has 0 aliphatic carbocycles. The first-order valence-electron chi connectivity index (χ1n) is 8.82. The number of rotatable bonds is 4. The Labute approximate surface area is 161 Å². The van der Waals surface area contributed by atoms with Crippen LogP contribution in [-0.4, -0.2) is 14.7 Å². The predicted molar refractivity (Wildman–Crippen MR) is 110 cm³/mol. The SMILES string of the molecule is Cc1ccc(-c2csc3ncn(CC(O)c4ccccc4)c(=O)c23)cc1C. The number of hydrogen-bond donors (Lipinski definition) is 1. The first kappa shape index (κ1) is 17.6. The smallest absolute Gasteiger partial charge is 0.262 e. The van der Waals surface area contributed by atoms with E-state index in [9.17, 15) is 9.90 Å². The summed E-state index contributed by atoms with van der Waals surface area (Å²) >= 11 is 1.47. The van der Waals surface area contributed by atoms with E-state index in [1.165, 1.54) is 33.4 Å². The molecule has 1 unspecified atom stereocenters. The second kappa shape index (κ2) is 7.10. The standard InChI is InChI=1S/C22H20N2O2S/c1-14-8-9-17(10-15(14)2)18-12-27-21-20(18)22(26)24(13-23-21)11-19(25)16-6-4-3-5-7-16/h3-10,12-13,19,25H,11H2,1-2H3. The van der Waals surface area contributed by atoms with Crippen molar-refractivity contribution in [3.8, 4) is 11.1 Å². The van der Waals surface area contributed by atoms with Crippen LogP contribution in [0.1, 0.15) is 22.8 Å². The number of fused-ring (bicyclic) bond motifs is 1. The molecule has 2 aromatic carbocycles. The summed E-state index contributed by atoms with van der Waals surface area (Å²) in [5, 5.41) is 13.1. The maximum absolute atomic E-state index is 13.1. The van der Waals surface area contributed by atoms with Gasteiger partial charge in [0.2, 0.25) is 0 Å². The first-order valence-corrected chi connectivity index (χ1v) is 9.70. The molecule has 2 aromatic heterocycles. The van der Waals surface area contributed by atoms with E-state index in [-0.39, 0.29) is 12.1 Å². The van der Waals surface area contributed by atoms with Gasteiger partial charge < -0.3 is 5.11 Å². The van der Waals surface area contributed by atoms with Gasteiger partial charge in [-0.25, -0.2) is 4.98 Å². The van der Waals surface area contributed by atoms with Gasteiger partial charge in [0.25, 0.3) is 5.56 Å². The molecule has 4 aromatic rings. The largest absolute Gasteiger partial charge is 0.387 e. The molecular formula is C22H20N2O2S. The van der Waals surface area contributed by atoms with Gasteiger partial charge in [0.1, 0.15) is 4.83 Å². The Morgan fingerprint density at radius 3 is 2.63 bits per heavy atom. The Kier molecular flexibility index (Phi) is 4.64. The van der Waals surface area contributed by atoms with Crippen LogP contribution in [-0.2, 0) is 6.54 Å². The fourth-order valence-corrected chi connectivity index (χ4v) is 4.09. The van der Waals surface area contributed by atoms with Gasteiger partial charge in [0, 0.05) is 10.9 Å². The summed E-state index contributed by atoms with van der Waals surface area (Å²) in [7, 11) is 0. The molecule has 1 atom stereocenters. The van der Waals surface area contributed by atoms with Crippen molar-refractivity contribution in [1.82, 2.24) is 9.55 Å². The maximum atomic E-state index is 13.1. The summed E-state index contributed by atoms with van der Waals surface area (Å²) in [6, 6.07) is 15.6. The fraction of sp³-hybridized carbons (Fsp3) is 0.182. The van der Waals surface area contributed by atoms with E-state index in [2.05, 4.69) is 31.0 Å². The van der Waals surface area contributed by atoms with Gasteiger partial charge in [-0.3, -0.25) is 9.36 Å². The summed E-state index contributed by atoms with van der Waals surface area (Å²) in [6.07, 6.45) is 0.768. The van der Waals surface area contributed by atoms with E-state index in [4.69, 9.17) is 0 Å². The van der Waals surface area contributed by atoms with Gasteiger partial charge in [0.05, 0.1) is 24.4 Å². The highest BCUT2D eigenvalue weighted by atomic mass is 32.1. The molecule has 4 nitrogen and oxygen atoms in total. The quantitative estimate of drug-likeness (QED) is 0.571. The van der Waals surface area contributed by atoms with Crippen molar-refractivity contribution in [2.24, 2.45) is 0 Å². The molecular weight excluding hydrogens is 356 g/mol. The maximum Gasteiger partial charge on any atom is 0.262 e. The topological polar surface area (TPSA) is 55.1 Å². The highest BCUT2D eigenvalue weighted by Crippen LogP contribution is 2.31. The molecule has 4 rings (SSSR count). The summed E-state index contributed by atoms with van der Waals surface area (Å²) in [5.74, 6) is 0. The molecule has 0 saturated heterocycles. The number of thiophene rings is 1. The fourth-order valence-electron chi connectivity index (χ4n) is 3.19. The predicted octanol–water partition coefficient (Wildman–Crippen LogP) is 4.48. The highest BCUT2D eigenvalue weighted by Gasteiger charge is 2.16. The number of aromatic nitrogens is 2.